The first-order valence-corrected chi connectivity index (χ1v) is 6.15. The molecule has 0 saturated heterocycles. The van der Waals surface area contributed by atoms with Crippen LogP contribution < -0.4 is 4.74 Å². The van der Waals surface area contributed by atoms with Crippen LogP contribution in [0.15, 0.2) is 41.4 Å². The van der Waals surface area contributed by atoms with E-state index in [4.69, 9.17) is 16.3 Å². The summed E-state index contributed by atoms with van der Waals surface area (Å²) in [5.41, 5.74) is 2.32. The third-order valence-electron chi connectivity index (χ3n) is 2.68. The highest BCUT2D eigenvalue weighted by Crippen LogP contribution is 2.27. The first-order valence-electron chi connectivity index (χ1n) is 5.77. The van der Waals surface area contributed by atoms with Gasteiger partial charge in [0.05, 0.1) is 17.8 Å². The number of aromatic hydroxyl groups is 1. The Morgan fingerprint density at radius 2 is 2.00 bits per heavy atom. The number of aryl methyl sites for hydroxylation is 1. The Labute approximate surface area is 117 Å². The normalized spacial score (nSPS) is 10.9. The molecule has 19 heavy (non-hydrogen) atoms. The fraction of sp³-hybridized carbons (Fsp3) is 0.133. The summed E-state index contributed by atoms with van der Waals surface area (Å²) in [6.07, 6.45) is 1.56. The molecular formula is C15H14ClNO2. The molecular weight excluding hydrogens is 262 g/mol. The molecule has 3 nitrogen and oxygen atoms in total. The van der Waals surface area contributed by atoms with Gasteiger partial charge in [-0.1, -0.05) is 17.7 Å². The van der Waals surface area contributed by atoms with Gasteiger partial charge in [0.2, 0.25) is 0 Å². The summed E-state index contributed by atoms with van der Waals surface area (Å²) in [4.78, 5) is 4.28. The molecule has 0 spiro atoms. The van der Waals surface area contributed by atoms with Crippen LogP contribution in [0.2, 0.25) is 5.02 Å². The van der Waals surface area contributed by atoms with Crippen molar-refractivity contribution in [2.75, 3.05) is 7.11 Å². The Bertz CT molecular complexity index is 624. The predicted octanol–water partition coefficient (Wildman–Crippen LogP) is 4.11. The number of halogens is 1. The SMILES string of the molecule is COc1ccc(O)c(C=Nc2ccc(C)cc2Cl)c1. The van der Waals surface area contributed by atoms with E-state index in [1.807, 2.05) is 25.1 Å². The summed E-state index contributed by atoms with van der Waals surface area (Å²) in [7, 11) is 1.57. The van der Waals surface area contributed by atoms with Gasteiger partial charge in [-0.05, 0) is 42.8 Å². The summed E-state index contributed by atoms with van der Waals surface area (Å²) in [6.45, 7) is 1.97. The van der Waals surface area contributed by atoms with E-state index in [0.29, 0.717) is 22.0 Å². The smallest absolute Gasteiger partial charge is 0.124 e. The summed E-state index contributed by atoms with van der Waals surface area (Å²) in [6, 6.07) is 10.6. The minimum atomic E-state index is 0.146. The van der Waals surface area contributed by atoms with Gasteiger partial charge in [0, 0.05) is 11.8 Å². The molecule has 0 atom stereocenters. The van der Waals surface area contributed by atoms with Gasteiger partial charge in [0.15, 0.2) is 0 Å². The van der Waals surface area contributed by atoms with E-state index in [9.17, 15) is 5.11 Å². The van der Waals surface area contributed by atoms with Gasteiger partial charge in [0.25, 0.3) is 0 Å². The van der Waals surface area contributed by atoms with Crippen molar-refractivity contribution in [1.82, 2.24) is 0 Å². The van der Waals surface area contributed by atoms with Gasteiger partial charge in [-0.25, -0.2) is 0 Å². The number of hydrogen-bond acceptors (Lipinski definition) is 3. The van der Waals surface area contributed by atoms with E-state index in [2.05, 4.69) is 4.99 Å². The van der Waals surface area contributed by atoms with Crippen LogP contribution in [0.4, 0.5) is 5.69 Å². The number of rotatable bonds is 3. The average Bonchev–Trinajstić information content (AvgIpc) is 2.39. The second kappa shape index (κ2) is 5.76. The standard InChI is InChI=1S/C15H14ClNO2/c1-10-3-5-14(13(16)7-10)17-9-11-8-12(19-2)4-6-15(11)18/h3-9,18H,1-2H3. The quantitative estimate of drug-likeness (QED) is 0.857. The van der Waals surface area contributed by atoms with Crippen LogP contribution in [0, 0.1) is 6.92 Å². The molecule has 0 aromatic heterocycles. The lowest BCUT2D eigenvalue weighted by molar-refractivity contribution is 0.412. The van der Waals surface area contributed by atoms with E-state index in [1.54, 1.807) is 31.5 Å². The molecule has 2 aromatic carbocycles. The van der Waals surface area contributed by atoms with Gasteiger partial charge in [0.1, 0.15) is 11.5 Å². The Hall–Kier alpha value is -2.00. The molecule has 0 aliphatic carbocycles. The molecule has 0 heterocycles. The zero-order valence-electron chi connectivity index (χ0n) is 10.7. The number of methoxy groups -OCH3 is 1. The second-order valence-electron chi connectivity index (χ2n) is 4.14. The van der Waals surface area contributed by atoms with E-state index >= 15 is 0 Å². The van der Waals surface area contributed by atoms with E-state index in [-0.39, 0.29) is 5.75 Å². The van der Waals surface area contributed by atoms with Crippen LogP contribution in [0.1, 0.15) is 11.1 Å². The maximum Gasteiger partial charge on any atom is 0.124 e. The maximum atomic E-state index is 9.74. The first kappa shape index (κ1) is 13.4. The van der Waals surface area contributed by atoms with Crippen molar-refractivity contribution in [2.24, 2.45) is 4.99 Å². The molecule has 0 bridgehead atoms. The summed E-state index contributed by atoms with van der Waals surface area (Å²) in [5, 5.41) is 10.3. The Morgan fingerprint density at radius 1 is 1.21 bits per heavy atom. The average molecular weight is 276 g/mol. The van der Waals surface area contributed by atoms with Crippen LogP contribution in [0.3, 0.4) is 0 Å². The molecule has 0 radical (unpaired) electrons. The van der Waals surface area contributed by atoms with Gasteiger partial charge in [-0.3, -0.25) is 4.99 Å². The molecule has 0 fully saturated rings. The number of hydrogen-bond donors (Lipinski definition) is 1. The largest absolute Gasteiger partial charge is 0.507 e. The van der Waals surface area contributed by atoms with Crippen LogP contribution >= 0.6 is 11.6 Å². The first-order chi connectivity index (χ1) is 9.10. The molecule has 0 saturated carbocycles. The van der Waals surface area contributed by atoms with Gasteiger partial charge in [-0.2, -0.15) is 0 Å². The van der Waals surface area contributed by atoms with E-state index < -0.39 is 0 Å². The van der Waals surface area contributed by atoms with Crippen LogP contribution in [0.5, 0.6) is 11.5 Å². The van der Waals surface area contributed by atoms with E-state index in [1.165, 1.54) is 0 Å². The highest BCUT2D eigenvalue weighted by molar-refractivity contribution is 6.33. The molecule has 2 aromatic rings. The minimum Gasteiger partial charge on any atom is -0.507 e. The van der Waals surface area contributed by atoms with Crippen molar-refractivity contribution in [3.63, 3.8) is 0 Å². The second-order valence-corrected chi connectivity index (χ2v) is 4.55. The summed E-state index contributed by atoms with van der Waals surface area (Å²) in [5.74, 6) is 0.807. The zero-order chi connectivity index (χ0) is 13.8. The van der Waals surface area contributed by atoms with Gasteiger partial charge < -0.3 is 9.84 Å². The van der Waals surface area contributed by atoms with Crippen LogP contribution in [-0.4, -0.2) is 18.4 Å². The fourth-order valence-corrected chi connectivity index (χ4v) is 1.90. The van der Waals surface area contributed by atoms with Crippen molar-refractivity contribution < 1.29 is 9.84 Å². The molecule has 2 rings (SSSR count). The molecule has 0 aliphatic rings. The van der Waals surface area contributed by atoms with Gasteiger partial charge in [-0.15, -0.1) is 0 Å². The lowest BCUT2D eigenvalue weighted by atomic mass is 10.2. The Kier molecular flexibility index (Phi) is 4.07. The molecule has 98 valence electrons. The number of ether oxygens (including phenoxy) is 1. The predicted molar refractivity (Wildman–Crippen MR) is 78.1 cm³/mol. The highest BCUT2D eigenvalue weighted by Gasteiger charge is 2.02. The molecule has 0 unspecified atom stereocenters. The number of nitrogens with zero attached hydrogens (tertiary/aromatic N) is 1. The van der Waals surface area contributed by atoms with Crippen LogP contribution in [-0.2, 0) is 0 Å². The van der Waals surface area contributed by atoms with Crippen molar-refractivity contribution in [3.8, 4) is 11.5 Å². The number of phenolic OH excluding ortho intramolecular Hbond substituents is 1. The Balaban J connectivity index is 2.32. The molecule has 0 aliphatic heterocycles. The lowest BCUT2D eigenvalue weighted by Crippen LogP contribution is -1.87. The highest BCUT2D eigenvalue weighted by atomic mass is 35.5. The number of phenols is 1. The van der Waals surface area contributed by atoms with Gasteiger partial charge >= 0.3 is 0 Å². The van der Waals surface area contributed by atoms with Crippen molar-refractivity contribution in [3.05, 3.63) is 52.5 Å². The van der Waals surface area contributed by atoms with E-state index in [0.717, 1.165) is 5.56 Å². The minimum absolute atomic E-state index is 0.146. The molecule has 0 amide bonds. The lowest BCUT2D eigenvalue weighted by Gasteiger charge is -2.03. The maximum absolute atomic E-state index is 9.74. The Morgan fingerprint density at radius 3 is 2.68 bits per heavy atom. The molecule has 1 N–H and O–H groups in total. The van der Waals surface area contributed by atoms with Crippen molar-refractivity contribution >= 4 is 23.5 Å². The number of benzene rings is 2. The van der Waals surface area contributed by atoms with Crippen molar-refractivity contribution in [1.29, 1.82) is 0 Å². The van der Waals surface area contributed by atoms with Crippen LogP contribution in [0.25, 0.3) is 0 Å². The third-order valence-corrected chi connectivity index (χ3v) is 2.98. The summed E-state index contributed by atoms with van der Waals surface area (Å²) >= 11 is 6.09. The fourth-order valence-electron chi connectivity index (χ4n) is 1.62. The topological polar surface area (TPSA) is 41.8 Å². The molecule has 4 heteroatoms. The zero-order valence-corrected chi connectivity index (χ0v) is 11.5. The summed E-state index contributed by atoms with van der Waals surface area (Å²) < 4.78 is 5.10. The van der Waals surface area contributed by atoms with Crippen molar-refractivity contribution in [2.45, 2.75) is 6.92 Å². The monoisotopic (exact) mass is 275 g/mol. The number of aliphatic imine (C=N–C) groups is 1. The third kappa shape index (κ3) is 3.26.